The van der Waals surface area contributed by atoms with Gasteiger partial charge in [0.25, 0.3) is 5.91 Å². The molecule has 0 N–H and O–H groups in total. The van der Waals surface area contributed by atoms with Crippen LogP contribution in [0.4, 0.5) is 4.79 Å². The Bertz CT molecular complexity index is 810. The summed E-state index contributed by atoms with van der Waals surface area (Å²) in [6.07, 6.45) is 2.93. The summed E-state index contributed by atoms with van der Waals surface area (Å²) >= 11 is 0. The van der Waals surface area contributed by atoms with Crippen molar-refractivity contribution in [2.45, 2.75) is 71.9 Å². The molecule has 2 aliphatic rings. The van der Waals surface area contributed by atoms with Crippen molar-refractivity contribution in [2.75, 3.05) is 7.11 Å². The summed E-state index contributed by atoms with van der Waals surface area (Å²) in [4.78, 5) is 31.0. The quantitative estimate of drug-likeness (QED) is 0.707. The van der Waals surface area contributed by atoms with Crippen molar-refractivity contribution in [1.82, 2.24) is 5.06 Å². The molecule has 6 nitrogen and oxygen atoms in total. The third kappa shape index (κ3) is 3.53. The van der Waals surface area contributed by atoms with Crippen LogP contribution in [0, 0.1) is 20.8 Å². The lowest BCUT2D eigenvalue weighted by Gasteiger charge is -2.30. The molecule has 1 aromatic rings. The summed E-state index contributed by atoms with van der Waals surface area (Å²) in [6, 6.07) is 4.03. The van der Waals surface area contributed by atoms with Gasteiger partial charge in [0.2, 0.25) is 0 Å². The van der Waals surface area contributed by atoms with Gasteiger partial charge >= 0.3 is 6.16 Å². The molecule has 1 saturated carbocycles. The molecule has 1 heterocycles. The topological polar surface area (TPSA) is 65.1 Å². The average Bonchev–Trinajstić information content (AvgIpc) is 3.14. The van der Waals surface area contributed by atoms with E-state index in [-0.39, 0.29) is 17.8 Å². The number of carbonyl (C=O) groups excluding carboxylic acids is 2. The lowest BCUT2D eigenvalue weighted by Crippen LogP contribution is -2.43. The molecule has 28 heavy (non-hydrogen) atoms. The van der Waals surface area contributed by atoms with E-state index in [9.17, 15) is 9.59 Å². The molecular formula is C22H29NO5. The molecule has 0 aromatic heterocycles. The molecule has 0 atom stereocenters. The van der Waals surface area contributed by atoms with Crippen molar-refractivity contribution in [1.29, 1.82) is 0 Å². The second-order valence-corrected chi connectivity index (χ2v) is 8.20. The van der Waals surface area contributed by atoms with Crippen LogP contribution in [0.3, 0.4) is 0 Å². The SMILES string of the molecule is CON1C(=O)C(c2c(C)cc(C)cc2C)=C(OC(=O)OC2CCCC2)C1(C)C. The second kappa shape index (κ2) is 7.59. The van der Waals surface area contributed by atoms with E-state index in [2.05, 4.69) is 0 Å². The fourth-order valence-corrected chi connectivity index (χ4v) is 4.38. The predicted molar refractivity (Wildman–Crippen MR) is 105 cm³/mol. The molecule has 6 heteroatoms. The van der Waals surface area contributed by atoms with Gasteiger partial charge in [0.05, 0.1) is 12.7 Å². The van der Waals surface area contributed by atoms with Crippen molar-refractivity contribution < 1.29 is 23.9 Å². The number of carbonyl (C=O) groups is 2. The van der Waals surface area contributed by atoms with E-state index in [0.717, 1.165) is 47.9 Å². The van der Waals surface area contributed by atoms with Crippen LogP contribution in [0.15, 0.2) is 17.9 Å². The fraction of sp³-hybridized carbons (Fsp3) is 0.545. The van der Waals surface area contributed by atoms with Crippen LogP contribution >= 0.6 is 0 Å². The van der Waals surface area contributed by atoms with Crippen molar-refractivity contribution in [3.63, 3.8) is 0 Å². The van der Waals surface area contributed by atoms with E-state index in [4.69, 9.17) is 14.3 Å². The number of aryl methyl sites for hydroxylation is 3. The molecule has 0 unspecified atom stereocenters. The second-order valence-electron chi connectivity index (χ2n) is 8.20. The minimum Gasteiger partial charge on any atom is -0.431 e. The molecular weight excluding hydrogens is 358 g/mol. The summed E-state index contributed by atoms with van der Waals surface area (Å²) in [5, 5.41) is 1.25. The average molecular weight is 387 g/mol. The molecule has 0 spiro atoms. The van der Waals surface area contributed by atoms with E-state index >= 15 is 0 Å². The van der Waals surface area contributed by atoms with Crippen LogP contribution in [-0.2, 0) is 19.1 Å². The third-order valence-electron chi connectivity index (χ3n) is 5.55. The van der Waals surface area contributed by atoms with Crippen LogP contribution < -0.4 is 0 Å². The summed E-state index contributed by atoms with van der Waals surface area (Å²) < 4.78 is 11.1. The van der Waals surface area contributed by atoms with Gasteiger partial charge in [0, 0.05) is 0 Å². The molecule has 1 amide bonds. The lowest BCUT2D eigenvalue weighted by molar-refractivity contribution is -0.190. The zero-order valence-corrected chi connectivity index (χ0v) is 17.5. The molecule has 0 radical (unpaired) electrons. The maximum atomic E-state index is 13.2. The van der Waals surface area contributed by atoms with Gasteiger partial charge in [0.1, 0.15) is 11.6 Å². The van der Waals surface area contributed by atoms with Crippen LogP contribution in [0.1, 0.15) is 61.8 Å². The van der Waals surface area contributed by atoms with Crippen molar-refractivity contribution in [2.24, 2.45) is 0 Å². The van der Waals surface area contributed by atoms with Crippen LogP contribution in [-0.4, -0.2) is 35.9 Å². The Morgan fingerprint density at radius 3 is 2.21 bits per heavy atom. The number of hydroxylamine groups is 2. The van der Waals surface area contributed by atoms with Gasteiger partial charge in [-0.1, -0.05) is 17.7 Å². The van der Waals surface area contributed by atoms with Gasteiger partial charge in [-0.3, -0.25) is 9.63 Å². The van der Waals surface area contributed by atoms with Crippen LogP contribution in [0.25, 0.3) is 5.57 Å². The smallest absolute Gasteiger partial charge is 0.431 e. The van der Waals surface area contributed by atoms with Crippen molar-refractivity contribution >= 4 is 17.6 Å². The molecule has 0 saturated heterocycles. The fourth-order valence-electron chi connectivity index (χ4n) is 4.38. The first-order valence-corrected chi connectivity index (χ1v) is 9.77. The summed E-state index contributed by atoms with van der Waals surface area (Å²) in [7, 11) is 1.44. The van der Waals surface area contributed by atoms with E-state index in [1.165, 1.54) is 12.2 Å². The lowest BCUT2D eigenvalue weighted by atomic mass is 9.91. The first-order valence-electron chi connectivity index (χ1n) is 9.77. The molecule has 1 aromatic carbocycles. The van der Waals surface area contributed by atoms with Gasteiger partial charge in [-0.05, 0) is 77.0 Å². The Morgan fingerprint density at radius 2 is 1.68 bits per heavy atom. The minimum atomic E-state index is -0.945. The molecule has 3 rings (SSSR count). The number of rotatable bonds is 4. The normalized spacial score (nSPS) is 19.5. The summed E-state index contributed by atoms with van der Waals surface area (Å²) in [5.74, 6) is -0.0661. The maximum absolute atomic E-state index is 13.2. The number of ether oxygens (including phenoxy) is 2. The molecule has 1 aliphatic carbocycles. The monoisotopic (exact) mass is 387 g/mol. The van der Waals surface area contributed by atoms with E-state index in [1.807, 2.05) is 32.9 Å². The number of benzene rings is 1. The highest BCUT2D eigenvalue weighted by molar-refractivity contribution is 6.23. The molecule has 152 valence electrons. The number of amides is 1. The van der Waals surface area contributed by atoms with Crippen molar-refractivity contribution in [3.05, 3.63) is 40.1 Å². The molecule has 0 bridgehead atoms. The van der Waals surface area contributed by atoms with E-state index in [1.54, 1.807) is 13.8 Å². The highest BCUT2D eigenvalue weighted by Crippen LogP contribution is 2.43. The van der Waals surface area contributed by atoms with Gasteiger partial charge in [-0.15, -0.1) is 0 Å². The third-order valence-corrected chi connectivity index (χ3v) is 5.55. The molecule has 1 aliphatic heterocycles. The number of nitrogens with zero attached hydrogens (tertiary/aromatic N) is 1. The Morgan fingerprint density at radius 1 is 1.11 bits per heavy atom. The van der Waals surface area contributed by atoms with Crippen molar-refractivity contribution in [3.8, 4) is 0 Å². The Hall–Kier alpha value is -2.34. The highest BCUT2D eigenvalue weighted by atomic mass is 16.7. The maximum Gasteiger partial charge on any atom is 0.513 e. The van der Waals surface area contributed by atoms with Gasteiger partial charge in [-0.25, -0.2) is 9.86 Å². The van der Waals surface area contributed by atoms with Gasteiger partial charge in [-0.2, -0.15) is 0 Å². The largest absolute Gasteiger partial charge is 0.513 e. The van der Waals surface area contributed by atoms with E-state index < -0.39 is 11.7 Å². The Balaban J connectivity index is 2.05. The Kier molecular flexibility index (Phi) is 5.53. The highest BCUT2D eigenvalue weighted by Gasteiger charge is 2.50. The molecule has 1 fully saturated rings. The Labute approximate surface area is 166 Å². The first kappa shape index (κ1) is 20.4. The standard InChI is InChI=1S/C22H29NO5/c1-13-11-14(2)17(15(3)12-13)18-19(22(4,5)23(26-6)20(18)24)28-21(25)27-16-9-7-8-10-16/h11-12,16H,7-10H2,1-6H3. The van der Waals surface area contributed by atoms with Gasteiger partial charge in [0.15, 0.2) is 5.76 Å². The van der Waals surface area contributed by atoms with Crippen LogP contribution in [0.2, 0.25) is 0 Å². The summed E-state index contributed by atoms with van der Waals surface area (Å²) in [6.45, 7) is 9.49. The van der Waals surface area contributed by atoms with Gasteiger partial charge < -0.3 is 9.47 Å². The zero-order chi connectivity index (χ0) is 20.6. The number of hydrogen-bond acceptors (Lipinski definition) is 5. The van der Waals surface area contributed by atoms with E-state index in [0.29, 0.717) is 5.57 Å². The summed E-state index contributed by atoms with van der Waals surface area (Å²) in [5.41, 5.74) is 3.17. The first-order chi connectivity index (χ1) is 13.2. The predicted octanol–water partition coefficient (Wildman–Crippen LogP) is 4.60. The van der Waals surface area contributed by atoms with Crippen LogP contribution in [0.5, 0.6) is 0 Å². The number of hydrogen-bond donors (Lipinski definition) is 0. The minimum absolute atomic E-state index is 0.113. The zero-order valence-electron chi connectivity index (χ0n) is 17.5.